The maximum atomic E-state index is 13.2. The van der Waals surface area contributed by atoms with Gasteiger partial charge in [-0.15, -0.1) is 0 Å². The number of aromatic nitrogens is 1. The second kappa shape index (κ2) is 5.79. The highest BCUT2D eigenvalue weighted by Crippen LogP contribution is 2.18. The largest absolute Gasteiger partial charge is 0.351 e. The van der Waals surface area contributed by atoms with Crippen LogP contribution in [0, 0.1) is 5.82 Å². The van der Waals surface area contributed by atoms with Crippen molar-refractivity contribution in [2.24, 2.45) is 0 Å². The summed E-state index contributed by atoms with van der Waals surface area (Å²) in [7, 11) is 0. The smallest absolute Gasteiger partial charge is 0.270 e. The summed E-state index contributed by atoms with van der Waals surface area (Å²) < 4.78 is 13.2. The van der Waals surface area contributed by atoms with Crippen LogP contribution in [0.25, 0.3) is 10.9 Å². The van der Waals surface area contributed by atoms with Gasteiger partial charge in [-0.05, 0) is 24.3 Å². The topological polar surface area (TPSA) is 56.4 Å². The zero-order valence-electron chi connectivity index (χ0n) is 12.4. The lowest BCUT2D eigenvalue weighted by Crippen LogP contribution is -2.50. The van der Waals surface area contributed by atoms with Gasteiger partial charge in [-0.25, -0.2) is 4.39 Å². The van der Waals surface area contributed by atoms with Gasteiger partial charge in [0.05, 0.1) is 0 Å². The first kappa shape index (κ1) is 14.6. The number of hydrogen-bond donors (Lipinski definition) is 1. The number of piperazine rings is 1. The number of nitrogens with one attached hydrogen (secondary N) is 1. The van der Waals surface area contributed by atoms with Gasteiger partial charge in [0.1, 0.15) is 11.5 Å². The molecule has 0 radical (unpaired) electrons. The molecule has 5 nitrogen and oxygen atoms in total. The van der Waals surface area contributed by atoms with Crippen molar-refractivity contribution in [3.63, 3.8) is 0 Å². The predicted molar refractivity (Wildman–Crippen MR) is 81.0 cm³/mol. The minimum Gasteiger partial charge on any atom is -0.351 e. The van der Waals surface area contributed by atoms with Crippen LogP contribution >= 0.6 is 0 Å². The third-order valence-corrected chi connectivity index (χ3v) is 4.04. The molecule has 0 bridgehead atoms. The quantitative estimate of drug-likeness (QED) is 0.922. The Morgan fingerprint density at radius 1 is 1.14 bits per heavy atom. The molecular weight excluding hydrogens is 285 g/mol. The monoisotopic (exact) mass is 303 g/mol. The molecular formula is C16H18FN3O2. The van der Waals surface area contributed by atoms with Crippen molar-refractivity contribution in [1.82, 2.24) is 14.8 Å². The lowest BCUT2D eigenvalue weighted by atomic mass is 10.2. The number of halogens is 1. The fourth-order valence-corrected chi connectivity index (χ4v) is 2.77. The van der Waals surface area contributed by atoms with Gasteiger partial charge in [0.25, 0.3) is 5.91 Å². The van der Waals surface area contributed by atoms with E-state index in [9.17, 15) is 14.0 Å². The number of fused-ring (bicyclic) bond motifs is 1. The fourth-order valence-electron chi connectivity index (χ4n) is 2.77. The van der Waals surface area contributed by atoms with E-state index in [0.717, 1.165) is 5.52 Å². The van der Waals surface area contributed by atoms with E-state index in [2.05, 4.69) is 4.98 Å². The van der Waals surface area contributed by atoms with Crippen molar-refractivity contribution in [2.45, 2.75) is 13.3 Å². The number of rotatable bonds is 2. The van der Waals surface area contributed by atoms with Gasteiger partial charge in [-0.1, -0.05) is 6.92 Å². The molecule has 1 aliphatic rings. The molecule has 1 aromatic carbocycles. The normalized spacial score (nSPS) is 15.4. The molecule has 1 fully saturated rings. The predicted octanol–water partition coefficient (Wildman–Crippen LogP) is 2.00. The molecule has 1 aliphatic heterocycles. The molecule has 2 aromatic rings. The van der Waals surface area contributed by atoms with E-state index < -0.39 is 0 Å². The van der Waals surface area contributed by atoms with Crippen molar-refractivity contribution < 1.29 is 14.0 Å². The average Bonchev–Trinajstić information content (AvgIpc) is 2.96. The molecule has 1 N–H and O–H groups in total. The van der Waals surface area contributed by atoms with Crippen LogP contribution in [0.3, 0.4) is 0 Å². The zero-order chi connectivity index (χ0) is 15.7. The summed E-state index contributed by atoms with van der Waals surface area (Å²) in [4.78, 5) is 30.7. The van der Waals surface area contributed by atoms with E-state index >= 15 is 0 Å². The van der Waals surface area contributed by atoms with Crippen LogP contribution in [0.15, 0.2) is 24.3 Å². The van der Waals surface area contributed by atoms with Crippen LogP contribution in [0.4, 0.5) is 4.39 Å². The van der Waals surface area contributed by atoms with Crippen molar-refractivity contribution >= 4 is 22.7 Å². The van der Waals surface area contributed by atoms with E-state index in [-0.39, 0.29) is 17.6 Å². The molecule has 0 spiro atoms. The number of amides is 2. The lowest BCUT2D eigenvalue weighted by Gasteiger charge is -2.34. The molecule has 0 aliphatic carbocycles. The second-order valence-electron chi connectivity index (χ2n) is 5.44. The van der Waals surface area contributed by atoms with Gasteiger partial charge in [-0.3, -0.25) is 9.59 Å². The van der Waals surface area contributed by atoms with Crippen LogP contribution in [-0.2, 0) is 4.79 Å². The number of nitrogens with zero attached hydrogens (tertiary/aromatic N) is 2. The molecule has 1 aromatic heterocycles. The minimum atomic E-state index is -0.322. The Morgan fingerprint density at radius 3 is 2.50 bits per heavy atom. The molecule has 1 saturated heterocycles. The molecule has 22 heavy (non-hydrogen) atoms. The summed E-state index contributed by atoms with van der Waals surface area (Å²) in [6.07, 6.45) is 0.488. The number of H-pyrrole nitrogens is 1. The van der Waals surface area contributed by atoms with Gasteiger partial charge >= 0.3 is 0 Å². The molecule has 2 amide bonds. The third kappa shape index (κ3) is 2.68. The maximum Gasteiger partial charge on any atom is 0.270 e. The first-order valence-electron chi connectivity index (χ1n) is 7.44. The van der Waals surface area contributed by atoms with Crippen molar-refractivity contribution in [2.75, 3.05) is 26.2 Å². The summed E-state index contributed by atoms with van der Waals surface area (Å²) in [5.41, 5.74) is 1.19. The summed E-state index contributed by atoms with van der Waals surface area (Å²) in [5, 5.41) is 0.683. The number of carbonyl (C=O) groups excluding carboxylic acids is 2. The number of aromatic amines is 1. The minimum absolute atomic E-state index is 0.111. The molecule has 0 saturated carbocycles. The Bertz CT molecular complexity index is 717. The van der Waals surface area contributed by atoms with E-state index in [4.69, 9.17) is 0 Å². The van der Waals surface area contributed by atoms with E-state index in [1.165, 1.54) is 12.1 Å². The molecule has 0 unspecified atom stereocenters. The second-order valence-corrected chi connectivity index (χ2v) is 5.44. The Morgan fingerprint density at radius 2 is 1.82 bits per heavy atom. The Hall–Kier alpha value is -2.37. The molecule has 2 heterocycles. The van der Waals surface area contributed by atoms with Gasteiger partial charge in [0.15, 0.2) is 0 Å². The van der Waals surface area contributed by atoms with Crippen LogP contribution < -0.4 is 0 Å². The Balaban J connectivity index is 1.72. The van der Waals surface area contributed by atoms with Crippen LogP contribution in [0.1, 0.15) is 23.8 Å². The highest BCUT2D eigenvalue weighted by Gasteiger charge is 2.24. The van der Waals surface area contributed by atoms with Crippen LogP contribution in [-0.4, -0.2) is 52.8 Å². The molecule has 6 heteroatoms. The maximum absolute atomic E-state index is 13.2. The number of benzene rings is 1. The van der Waals surface area contributed by atoms with Crippen molar-refractivity contribution in [1.29, 1.82) is 0 Å². The number of carbonyl (C=O) groups is 2. The summed E-state index contributed by atoms with van der Waals surface area (Å²) in [6.45, 7) is 4.01. The summed E-state index contributed by atoms with van der Waals surface area (Å²) >= 11 is 0. The van der Waals surface area contributed by atoms with Gasteiger partial charge in [0.2, 0.25) is 5.91 Å². The van der Waals surface area contributed by atoms with Gasteiger partial charge in [-0.2, -0.15) is 0 Å². The number of hydrogen-bond acceptors (Lipinski definition) is 2. The fraction of sp³-hybridized carbons (Fsp3) is 0.375. The molecule has 116 valence electrons. The average molecular weight is 303 g/mol. The van der Waals surface area contributed by atoms with E-state index in [1.807, 2.05) is 6.92 Å². The van der Waals surface area contributed by atoms with E-state index in [0.29, 0.717) is 43.7 Å². The van der Waals surface area contributed by atoms with Crippen LogP contribution in [0.2, 0.25) is 0 Å². The molecule has 0 atom stereocenters. The first-order chi connectivity index (χ1) is 10.6. The van der Waals surface area contributed by atoms with E-state index in [1.54, 1.807) is 21.9 Å². The van der Waals surface area contributed by atoms with Gasteiger partial charge in [0, 0.05) is 43.5 Å². The standard InChI is InChI=1S/C16H18FN3O2/c1-2-15(21)19-5-7-20(8-6-19)16(22)14-10-11-9-12(17)3-4-13(11)18-14/h3-4,9-10,18H,2,5-8H2,1H3. The van der Waals surface area contributed by atoms with Crippen molar-refractivity contribution in [3.05, 3.63) is 35.8 Å². The van der Waals surface area contributed by atoms with Gasteiger partial charge < -0.3 is 14.8 Å². The van der Waals surface area contributed by atoms with Crippen LogP contribution in [0.5, 0.6) is 0 Å². The Kier molecular flexibility index (Phi) is 3.83. The summed E-state index contributed by atoms with van der Waals surface area (Å²) in [5.74, 6) is -0.314. The third-order valence-electron chi connectivity index (χ3n) is 4.04. The lowest BCUT2D eigenvalue weighted by molar-refractivity contribution is -0.132. The summed E-state index contributed by atoms with van der Waals surface area (Å²) in [6, 6.07) is 6.06. The molecule has 3 rings (SSSR count). The Labute approximate surface area is 127 Å². The zero-order valence-corrected chi connectivity index (χ0v) is 12.4. The SMILES string of the molecule is CCC(=O)N1CCN(C(=O)c2cc3cc(F)ccc3[nH]2)CC1. The first-order valence-corrected chi connectivity index (χ1v) is 7.44. The highest BCUT2D eigenvalue weighted by molar-refractivity contribution is 5.98. The highest BCUT2D eigenvalue weighted by atomic mass is 19.1. The van der Waals surface area contributed by atoms with Crippen molar-refractivity contribution in [3.8, 4) is 0 Å².